The predicted octanol–water partition coefficient (Wildman–Crippen LogP) is 0.524. The Hall–Kier alpha value is -0.950. The molecule has 0 saturated carbocycles. The summed E-state index contributed by atoms with van der Waals surface area (Å²) in [5, 5.41) is 17.5. The van der Waals surface area contributed by atoms with Crippen LogP contribution in [-0.4, -0.2) is 44.4 Å². The number of carbonyl (C=O) groups is 1. The first-order valence-electron chi connectivity index (χ1n) is 5.92. The van der Waals surface area contributed by atoms with Crippen molar-refractivity contribution in [2.45, 2.75) is 12.5 Å². The summed E-state index contributed by atoms with van der Waals surface area (Å²) in [7, 11) is 1.60. The molecule has 3 N–H and O–H groups in total. The van der Waals surface area contributed by atoms with Gasteiger partial charge in [0.2, 0.25) is 5.91 Å². The monoisotopic (exact) mass is 272 g/mol. The molecule has 0 aliphatic rings. The van der Waals surface area contributed by atoms with E-state index in [9.17, 15) is 9.90 Å². The van der Waals surface area contributed by atoms with Crippen molar-refractivity contribution < 1.29 is 14.6 Å². The van der Waals surface area contributed by atoms with Gasteiger partial charge in [0.05, 0.1) is 6.61 Å². The average Bonchev–Trinajstić information content (AvgIpc) is 2.88. The zero-order valence-electron chi connectivity index (χ0n) is 10.5. The molecule has 1 amide bonds. The maximum Gasteiger partial charge on any atom is 0.221 e. The Labute approximate surface area is 111 Å². The van der Waals surface area contributed by atoms with Crippen molar-refractivity contribution >= 4 is 17.2 Å². The highest BCUT2D eigenvalue weighted by atomic mass is 32.1. The first kappa shape index (κ1) is 15.1. The van der Waals surface area contributed by atoms with E-state index in [1.165, 1.54) is 11.3 Å². The molecule has 0 fully saturated rings. The van der Waals surface area contributed by atoms with E-state index in [-0.39, 0.29) is 5.91 Å². The van der Waals surface area contributed by atoms with Crippen molar-refractivity contribution in [2.24, 2.45) is 0 Å². The number of aliphatic hydroxyl groups is 1. The second-order valence-corrected chi connectivity index (χ2v) is 4.81. The summed E-state index contributed by atoms with van der Waals surface area (Å²) in [5.41, 5.74) is 0. The van der Waals surface area contributed by atoms with Crippen LogP contribution in [-0.2, 0) is 9.53 Å². The molecule has 6 heteroatoms. The van der Waals surface area contributed by atoms with Crippen LogP contribution < -0.4 is 10.6 Å². The number of hydrogen-bond acceptors (Lipinski definition) is 5. The minimum atomic E-state index is -0.499. The molecule has 0 aromatic carbocycles. The van der Waals surface area contributed by atoms with Gasteiger partial charge < -0.3 is 20.5 Å². The molecular weight excluding hydrogens is 252 g/mol. The smallest absolute Gasteiger partial charge is 0.221 e. The molecule has 1 heterocycles. The molecule has 0 saturated heterocycles. The summed E-state index contributed by atoms with van der Waals surface area (Å²) in [4.78, 5) is 12.3. The van der Waals surface area contributed by atoms with Crippen molar-refractivity contribution in [3.05, 3.63) is 22.4 Å². The molecule has 1 aromatic heterocycles. The summed E-state index contributed by atoms with van der Waals surface area (Å²) in [5.74, 6) is -0.00911. The number of nitrogens with one attached hydrogen (secondary N) is 2. The lowest BCUT2D eigenvalue weighted by Crippen LogP contribution is -2.31. The molecule has 102 valence electrons. The lowest BCUT2D eigenvalue weighted by molar-refractivity contribution is -0.121. The van der Waals surface area contributed by atoms with E-state index in [4.69, 9.17) is 4.74 Å². The van der Waals surface area contributed by atoms with Crippen LogP contribution in [0.25, 0.3) is 0 Å². The van der Waals surface area contributed by atoms with Gasteiger partial charge in [-0.25, -0.2) is 0 Å². The molecule has 1 aromatic rings. The summed E-state index contributed by atoms with van der Waals surface area (Å²) in [6, 6.07) is 3.81. The van der Waals surface area contributed by atoms with Gasteiger partial charge in [0.25, 0.3) is 0 Å². The minimum absolute atomic E-state index is 0.00911. The standard InChI is InChI=1S/C12H20N2O3S/c1-17-7-6-14-12(16)4-5-13-9-10(15)11-3-2-8-18-11/h2-3,8,10,13,15H,4-7,9H2,1H3,(H,14,16). The van der Waals surface area contributed by atoms with Crippen LogP contribution in [0.3, 0.4) is 0 Å². The number of amides is 1. The third-order valence-electron chi connectivity index (χ3n) is 2.37. The largest absolute Gasteiger partial charge is 0.386 e. The summed E-state index contributed by atoms with van der Waals surface area (Å²) < 4.78 is 4.83. The number of methoxy groups -OCH3 is 1. The Balaban J connectivity index is 2.02. The fraction of sp³-hybridized carbons (Fsp3) is 0.583. The fourth-order valence-corrected chi connectivity index (χ4v) is 2.11. The highest BCUT2D eigenvalue weighted by Gasteiger charge is 2.07. The van der Waals surface area contributed by atoms with Gasteiger partial charge in [-0.3, -0.25) is 4.79 Å². The van der Waals surface area contributed by atoms with Gasteiger partial charge in [-0.2, -0.15) is 0 Å². The molecule has 0 aliphatic carbocycles. The number of ether oxygens (including phenoxy) is 1. The van der Waals surface area contributed by atoms with Gasteiger partial charge in [-0.1, -0.05) is 6.07 Å². The number of thiophene rings is 1. The van der Waals surface area contributed by atoms with Gasteiger partial charge in [0, 0.05) is 38.0 Å². The molecule has 0 bridgehead atoms. The Bertz CT molecular complexity index is 330. The van der Waals surface area contributed by atoms with Crippen LogP contribution in [0.5, 0.6) is 0 Å². The number of rotatable bonds is 9. The normalized spacial score (nSPS) is 12.3. The van der Waals surface area contributed by atoms with E-state index in [1.54, 1.807) is 7.11 Å². The van der Waals surface area contributed by atoms with Crippen LogP contribution in [0.4, 0.5) is 0 Å². The molecule has 18 heavy (non-hydrogen) atoms. The SMILES string of the molecule is COCCNC(=O)CCNCC(O)c1cccs1. The van der Waals surface area contributed by atoms with Gasteiger partial charge >= 0.3 is 0 Å². The highest BCUT2D eigenvalue weighted by molar-refractivity contribution is 7.10. The van der Waals surface area contributed by atoms with Crippen molar-refractivity contribution in [2.75, 3.05) is 33.4 Å². The maximum atomic E-state index is 11.3. The summed E-state index contributed by atoms with van der Waals surface area (Å²) >= 11 is 1.53. The lowest BCUT2D eigenvalue weighted by atomic mass is 10.3. The quantitative estimate of drug-likeness (QED) is 0.573. The summed E-state index contributed by atoms with van der Waals surface area (Å²) in [6.45, 7) is 2.08. The molecule has 1 rings (SSSR count). The molecule has 0 aliphatic heterocycles. The number of aliphatic hydroxyl groups excluding tert-OH is 1. The third kappa shape index (κ3) is 6.11. The lowest BCUT2D eigenvalue weighted by Gasteiger charge is -2.10. The van der Waals surface area contributed by atoms with Gasteiger partial charge in [-0.05, 0) is 11.4 Å². The van der Waals surface area contributed by atoms with Gasteiger partial charge in [-0.15, -0.1) is 11.3 Å². The van der Waals surface area contributed by atoms with Crippen molar-refractivity contribution in [3.8, 4) is 0 Å². The van der Waals surface area contributed by atoms with Gasteiger partial charge in [0.15, 0.2) is 0 Å². The highest BCUT2D eigenvalue weighted by Crippen LogP contribution is 2.17. The fourth-order valence-electron chi connectivity index (χ4n) is 1.40. The van der Waals surface area contributed by atoms with Crippen molar-refractivity contribution in [3.63, 3.8) is 0 Å². The van der Waals surface area contributed by atoms with Gasteiger partial charge in [0.1, 0.15) is 6.10 Å². The predicted molar refractivity (Wildman–Crippen MR) is 71.7 cm³/mol. The Kier molecular flexibility index (Phi) is 7.59. The van der Waals surface area contributed by atoms with E-state index >= 15 is 0 Å². The maximum absolute atomic E-state index is 11.3. The minimum Gasteiger partial charge on any atom is -0.386 e. The second-order valence-electron chi connectivity index (χ2n) is 3.83. The Morgan fingerprint density at radius 1 is 1.56 bits per heavy atom. The summed E-state index contributed by atoms with van der Waals surface area (Å²) in [6.07, 6.45) is -0.0949. The molecule has 1 atom stereocenters. The van der Waals surface area contributed by atoms with E-state index < -0.39 is 6.10 Å². The van der Waals surface area contributed by atoms with E-state index in [2.05, 4.69) is 10.6 Å². The molecule has 5 nitrogen and oxygen atoms in total. The van der Waals surface area contributed by atoms with E-state index in [1.807, 2.05) is 17.5 Å². The zero-order chi connectivity index (χ0) is 13.2. The second kappa shape index (κ2) is 9.04. The van der Waals surface area contributed by atoms with Crippen molar-refractivity contribution in [1.82, 2.24) is 10.6 Å². The number of carbonyl (C=O) groups excluding carboxylic acids is 1. The molecule has 1 unspecified atom stereocenters. The first-order chi connectivity index (χ1) is 8.74. The van der Waals surface area contributed by atoms with Crippen molar-refractivity contribution in [1.29, 1.82) is 0 Å². The average molecular weight is 272 g/mol. The number of hydrogen-bond donors (Lipinski definition) is 3. The molecule has 0 spiro atoms. The topological polar surface area (TPSA) is 70.6 Å². The van der Waals surface area contributed by atoms with Crippen LogP contribution in [0.1, 0.15) is 17.4 Å². The Morgan fingerprint density at radius 2 is 2.39 bits per heavy atom. The first-order valence-corrected chi connectivity index (χ1v) is 6.80. The van der Waals surface area contributed by atoms with Crippen LogP contribution in [0.2, 0.25) is 0 Å². The van der Waals surface area contributed by atoms with E-state index in [0.717, 1.165) is 4.88 Å². The molecular formula is C12H20N2O3S. The van der Waals surface area contributed by atoms with Crippen LogP contribution in [0.15, 0.2) is 17.5 Å². The zero-order valence-corrected chi connectivity index (χ0v) is 11.3. The van der Waals surface area contributed by atoms with Crippen LogP contribution in [0, 0.1) is 0 Å². The van der Waals surface area contributed by atoms with Crippen LogP contribution >= 0.6 is 11.3 Å². The Morgan fingerprint density at radius 3 is 3.06 bits per heavy atom. The molecule has 0 radical (unpaired) electrons. The third-order valence-corrected chi connectivity index (χ3v) is 3.34. The van der Waals surface area contributed by atoms with E-state index in [0.29, 0.717) is 32.7 Å².